The molecule has 2 aliphatic rings. The van der Waals surface area contributed by atoms with Crippen LogP contribution in [0.1, 0.15) is 62.5 Å². The maximum atomic E-state index is 12.4. The predicted molar refractivity (Wildman–Crippen MR) is 126 cm³/mol. The van der Waals surface area contributed by atoms with E-state index in [0.29, 0.717) is 0 Å². The fourth-order valence-corrected chi connectivity index (χ4v) is 4.45. The normalized spacial score (nSPS) is 18.8. The van der Waals surface area contributed by atoms with Crippen LogP contribution in [0.4, 0.5) is 0 Å². The van der Waals surface area contributed by atoms with Gasteiger partial charge >= 0.3 is 0 Å². The lowest BCUT2D eigenvalue weighted by atomic mass is 9.83. The molecule has 0 spiro atoms. The average Bonchev–Trinajstić information content (AvgIpc) is 2.72. The highest BCUT2D eigenvalue weighted by Gasteiger charge is 2.23. The monoisotopic (exact) mass is 443 g/mol. The molecule has 3 N–H and O–H groups in total. The number of hydrogen-bond donors (Lipinski definition) is 3. The lowest BCUT2D eigenvalue weighted by molar-refractivity contribution is -0.125. The quantitative estimate of drug-likeness (QED) is 0.478. The molecule has 1 fully saturated rings. The molecule has 3 rings (SSSR count). The molecule has 0 bridgehead atoms. The van der Waals surface area contributed by atoms with Crippen LogP contribution in [-0.4, -0.2) is 38.1 Å². The van der Waals surface area contributed by atoms with Crippen LogP contribution in [-0.2, 0) is 17.6 Å². The van der Waals surface area contributed by atoms with Crippen LogP contribution in [0.3, 0.4) is 0 Å². The second kappa shape index (κ2) is 15.1. The first-order valence-electron chi connectivity index (χ1n) is 11.1. The third-order valence-electron chi connectivity index (χ3n) is 6.14. The Kier molecular flexibility index (Phi) is 13.6. The summed E-state index contributed by atoms with van der Waals surface area (Å²) in [6.07, 6.45) is 12.0. The molecule has 6 heteroatoms. The zero-order valence-electron chi connectivity index (χ0n) is 17.6. The van der Waals surface area contributed by atoms with Crippen molar-refractivity contribution >= 4 is 30.7 Å². The van der Waals surface area contributed by atoms with Crippen LogP contribution < -0.4 is 16.0 Å². The number of hydrogen-bond acceptors (Lipinski definition) is 3. The summed E-state index contributed by atoms with van der Waals surface area (Å²) in [7, 11) is 0. The molecular weight excluding hydrogens is 405 g/mol. The van der Waals surface area contributed by atoms with Gasteiger partial charge in [-0.3, -0.25) is 4.79 Å². The zero-order valence-corrected chi connectivity index (χ0v) is 19.2. The van der Waals surface area contributed by atoms with Crippen molar-refractivity contribution in [1.29, 1.82) is 0 Å². The van der Waals surface area contributed by atoms with Crippen molar-refractivity contribution in [3.8, 4) is 0 Å². The first kappa shape index (κ1) is 26.2. The Bertz CT molecular complexity index is 579. The summed E-state index contributed by atoms with van der Waals surface area (Å²) >= 11 is 0. The van der Waals surface area contributed by atoms with E-state index in [1.165, 1.54) is 43.2 Å². The third kappa shape index (κ3) is 9.25. The van der Waals surface area contributed by atoms with Crippen LogP contribution in [0.25, 0.3) is 0 Å². The van der Waals surface area contributed by atoms with Gasteiger partial charge in [-0.05, 0) is 62.6 Å². The number of benzene rings is 1. The molecule has 1 aromatic rings. The number of carbonyl (C=O) groups excluding carboxylic acids is 1. The molecule has 0 aromatic heterocycles. The van der Waals surface area contributed by atoms with Gasteiger partial charge in [-0.2, -0.15) is 0 Å². The molecule has 1 saturated carbocycles. The molecule has 4 nitrogen and oxygen atoms in total. The summed E-state index contributed by atoms with van der Waals surface area (Å²) in [5.41, 5.74) is 2.78. The Labute approximate surface area is 189 Å². The largest absolute Gasteiger partial charge is 0.356 e. The Morgan fingerprint density at radius 1 is 0.862 bits per heavy atom. The van der Waals surface area contributed by atoms with Crippen LogP contribution in [0.15, 0.2) is 24.3 Å². The van der Waals surface area contributed by atoms with Crippen LogP contribution in [0.2, 0.25) is 0 Å². The van der Waals surface area contributed by atoms with Crippen molar-refractivity contribution in [3.05, 3.63) is 35.4 Å². The number of amides is 1. The summed E-state index contributed by atoms with van der Waals surface area (Å²) in [5.74, 6) is 0.401. The lowest BCUT2D eigenvalue weighted by Crippen LogP contribution is -2.36. The molecule has 0 radical (unpaired) electrons. The predicted octanol–water partition coefficient (Wildman–Crippen LogP) is 4.04. The van der Waals surface area contributed by atoms with Gasteiger partial charge in [-0.25, -0.2) is 0 Å². The van der Waals surface area contributed by atoms with E-state index in [2.05, 4.69) is 40.2 Å². The van der Waals surface area contributed by atoms with Gasteiger partial charge in [0.05, 0.1) is 0 Å². The van der Waals surface area contributed by atoms with Gasteiger partial charge in [0.2, 0.25) is 5.91 Å². The molecule has 29 heavy (non-hydrogen) atoms. The van der Waals surface area contributed by atoms with E-state index in [1.807, 2.05) is 0 Å². The standard InChI is InChI=1S/C23H37N3O.2ClH/c27-23(21-13-12-19-8-4-5-9-20(19)18-21)26-15-7-6-14-24-16-17-25-22-10-2-1-3-11-22;;/h4-5,8-9,21-22,24-25H,1-3,6-7,10-18H2,(H,26,27);2*1H. The molecule has 1 aromatic carbocycles. The number of carbonyl (C=O) groups is 1. The van der Waals surface area contributed by atoms with E-state index < -0.39 is 0 Å². The summed E-state index contributed by atoms with van der Waals surface area (Å²) in [6, 6.07) is 9.29. The summed E-state index contributed by atoms with van der Waals surface area (Å²) in [6.45, 7) is 3.97. The maximum Gasteiger partial charge on any atom is 0.223 e. The summed E-state index contributed by atoms with van der Waals surface area (Å²) < 4.78 is 0. The average molecular weight is 444 g/mol. The first-order valence-corrected chi connectivity index (χ1v) is 11.1. The molecule has 0 saturated heterocycles. The van der Waals surface area contributed by atoms with Gasteiger partial charge < -0.3 is 16.0 Å². The van der Waals surface area contributed by atoms with Gasteiger partial charge in [-0.1, -0.05) is 43.5 Å². The van der Waals surface area contributed by atoms with Crippen LogP contribution >= 0.6 is 24.8 Å². The Morgan fingerprint density at radius 3 is 2.38 bits per heavy atom. The Hall–Kier alpha value is -0.810. The van der Waals surface area contributed by atoms with Gasteiger partial charge in [0, 0.05) is 31.6 Å². The molecule has 0 heterocycles. The smallest absolute Gasteiger partial charge is 0.223 e. The molecule has 2 aliphatic carbocycles. The van der Waals surface area contributed by atoms with Crippen molar-refractivity contribution in [3.63, 3.8) is 0 Å². The first-order chi connectivity index (χ1) is 13.3. The van der Waals surface area contributed by atoms with E-state index in [0.717, 1.165) is 64.3 Å². The number of rotatable bonds is 10. The highest BCUT2D eigenvalue weighted by molar-refractivity contribution is 5.85. The lowest BCUT2D eigenvalue weighted by Gasteiger charge is -2.23. The molecular formula is C23H39Cl2N3O. The Morgan fingerprint density at radius 2 is 1.59 bits per heavy atom. The minimum Gasteiger partial charge on any atom is -0.356 e. The number of aryl methyl sites for hydroxylation is 1. The van der Waals surface area contributed by atoms with Crippen molar-refractivity contribution in [1.82, 2.24) is 16.0 Å². The van der Waals surface area contributed by atoms with E-state index >= 15 is 0 Å². The molecule has 1 atom stereocenters. The number of unbranched alkanes of at least 4 members (excludes halogenated alkanes) is 1. The van der Waals surface area contributed by atoms with E-state index in [4.69, 9.17) is 0 Å². The number of nitrogens with one attached hydrogen (secondary N) is 3. The number of fused-ring (bicyclic) bond motifs is 1. The maximum absolute atomic E-state index is 12.4. The van der Waals surface area contributed by atoms with Gasteiger partial charge in [0.25, 0.3) is 0 Å². The number of halogens is 2. The minimum absolute atomic E-state index is 0. The highest BCUT2D eigenvalue weighted by atomic mass is 35.5. The fraction of sp³-hybridized carbons (Fsp3) is 0.696. The molecule has 0 aliphatic heterocycles. The van der Waals surface area contributed by atoms with Gasteiger partial charge in [0.1, 0.15) is 0 Å². The van der Waals surface area contributed by atoms with Crippen LogP contribution in [0.5, 0.6) is 0 Å². The zero-order chi connectivity index (χ0) is 18.7. The van der Waals surface area contributed by atoms with E-state index in [1.54, 1.807) is 0 Å². The Balaban J connectivity index is 0.00000210. The SMILES string of the molecule is Cl.Cl.O=C(NCCCCNCCNC1CCCCC1)C1CCc2ccccc2C1. The summed E-state index contributed by atoms with van der Waals surface area (Å²) in [4.78, 5) is 12.4. The van der Waals surface area contributed by atoms with Crippen molar-refractivity contribution < 1.29 is 4.79 Å². The third-order valence-corrected chi connectivity index (χ3v) is 6.14. The summed E-state index contributed by atoms with van der Waals surface area (Å²) in [5, 5.41) is 10.3. The molecule has 1 unspecified atom stereocenters. The topological polar surface area (TPSA) is 53.2 Å². The van der Waals surface area contributed by atoms with Crippen molar-refractivity contribution in [2.75, 3.05) is 26.2 Å². The van der Waals surface area contributed by atoms with Gasteiger partial charge in [-0.15, -0.1) is 24.8 Å². The molecule has 1 amide bonds. The second-order valence-electron chi connectivity index (χ2n) is 8.25. The highest BCUT2D eigenvalue weighted by Crippen LogP contribution is 2.25. The van der Waals surface area contributed by atoms with E-state index in [-0.39, 0.29) is 36.6 Å². The van der Waals surface area contributed by atoms with Crippen molar-refractivity contribution in [2.45, 2.75) is 70.3 Å². The second-order valence-corrected chi connectivity index (χ2v) is 8.25. The molecule has 166 valence electrons. The van der Waals surface area contributed by atoms with Crippen LogP contribution in [0, 0.1) is 5.92 Å². The minimum atomic E-state index is 0. The van der Waals surface area contributed by atoms with E-state index in [9.17, 15) is 4.79 Å². The van der Waals surface area contributed by atoms with Crippen molar-refractivity contribution in [2.24, 2.45) is 5.92 Å². The fourth-order valence-electron chi connectivity index (χ4n) is 4.45. The van der Waals surface area contributed by atoms with Gasteiger partial charge in [0.15, 0.2) is 0 Å².